The van der Waals surface area contributed by atoms with Gasteiger partial charge in [-0.25, -0.2) is 9.59 Å². The summed E-state index contributed by atoms with van der Waals surface area (Å²) in [5, 5.41) is 2.81. The van der Waals surface area contributed by atoms with Gasteiger partial charge in [0.2, 0.25) is 5.91 Å². The molecule has 1 saturated carbocycles. The lowest BCUT2D eigenvalue weighted by Gasteiger charge is -2.34. The standard InChI is InChI=1S/C23H29N3O5/c1-3-23(16-10-5-4-6-11-16)21(29)25(22(30)24-23)14-19(27)26-17-12-8-7-9-15(17)13-18(26)20(28)31-2/h4-6,10-11,15,17-18H,3,7-9,12-14H2,1-2H3,(H,24,30). The number of fused-ring (bicyclic) bond motifs is 1. The van der Waals surface area contributed by atoms with Crippen LogP contribution in [0.25, 0.3) is 0 Å². The van der Waals surface area contributed by atoms with Gasteiger partial charge in [0, 0.05) is 6.04 Å². The van der Waals surface area contributed by atoms with Crippen LogP contribution in [0.1, 0.15) is 51.0 Å². The van der Waals surface area contributed by atoms with Crippen molar-refractivity contribution in [2.75, 3.05) is 13.7 Å². The molecule has 8 heteroatoms. The molecule has 2 saturated heterocycles. The number of hydrogen-bond donors (Lipinski definition) is 1. The molecule has 4 unspecified atom stereocenters. The van der Waals surface area contributed by atoms with Crippen LogP contribution in [-0.2, 0) is 24.7 Å². The molecule has 2 heterocycles. The molecule has 0 bridgehead atoms. The lowest BCUT2D eigenvalue weighted by Crippen LogP contribution is -2.51. The highest BCUT2D eigenvalue weighted by Gasteiger charge is 2.53. The van der Waals surface area contributed by atoms with Gasteiger partial charge in [0.25, 0.3) is 5.91 Å². The second kappa shape index (κ2) is 8.32. The van der Waals surface area contributed by atoms with Crippen molar-refractivity contribution in [2.24, 2.45) is 5.92 Å². The van der Waals surface area contributed by atoms with Crippen LogP contribution >= 0.6 is 0 Å². The van der Waals surface area contributed by atoms with E-state index in [1.807, 2.05) is 25.1 Å². The van der Waals surface area contributed by atoms with Crippen LogP contribution in [0.4, 0.5) is 4.79 Å². The molecule has 3 aliphatic rings. The number of esters is 1. The highest BCUT2D eigenvalue weighted by molar-refractivity contribution is 6.09. The number of amides is 4. The zero-order valence-electron chi connectivity index (χ0n) is 18.0. The van der Waals surface area contributed by atoms with Gasteiger partial charge in [-0.3, -0.25) is 14.5 Å². The normalized spacial score (nSPS) is 30.2. The first-order chi connectivity index (χ1) is 14.9. The molecular formula is C23H29N3O5. The number of carbonyl (C=O) groups excluding carboxylic acids is 4. The van der Waals surface area contributed by atoms with Crippen molar-refractivity contribution in [1.82, 2.24) is 15.1 Å². The predicted molar refractivity (Wildman–Crippen MR) is 112 cm³/mol. The van der Waals surface area contributed by atoms with Crippen LogP contribution in [0.15, 0.2) is 30.3 Å². The molecule has 3 fully saturated rings. The first kappa shape index (κ1) is 21.3. The van der Waals surface area contributed by atoms with E-state index < -0.39 is 29.5 Å². The van der Waals surface area contributed by atoms with Crippen LogP contribution in [0.5, 0.6) is 0 Å². The number of methoxy groups -OCH3 is 1. The Labute approximate surface area is 181 Å². The Hall–Kier alpha value is -2.90. The number of likely N-dealkylation sites (tertiary alicyclic amines) is 1. The van der Waals surface area contributed by atoms with E-state index >= 15 is 0 Å². The van der Waals surface area contributed by atoms with Gasteiger partial charge in [-0.2, -0.15) is 0 Å². The second-order valence-electron chi connectivity index (χ2n) is 8.63. The third-order valence-corrected chi connectivity index (χ3v) is 7.12. The molecule has 0 radical (unpaired) electrons. The number of carbonyl (C=O) groups is 4. The van der Waals surface area contributed by atoms with Crippen molar-refractivity contribution in [3.63, 3.8) is 0 Å². The number of rotatable bonds is 5. The third-order valence-electron chi connectivity index (χ3n) is 7.12. The van der Waals surface area contributed by atoms with Gasteiger partial charge < -0.3 is 15.0 Å². The van der Waals surface area contributed by atoms with Gasteiger partial charge in [-0.1, -0.05) is 50.1 Å². The Morgan fingerprint density at radius 3 is 2.55 bits per heavy atom. The molecule has 31 heavy (non-hydrogen) atoms. The molecule has 0 aromatic heterocycles. The Morgan fingerprint density at radius 1 is 1.16 bits per heavy atom. The first-order valence-electron chi connectivity index (χ1n) is 11.0. The lowest BCUT2D eigenvalue weighted by molar-refractivity contribution is -0.153. The summed E-state index contributed by atoms with van der Waals surface area (Å²) in [6, 6.07) is 7.78. The van der Waals surface area contributed by atoms with E-state index in [9.17, 15) is 19.2 Å². The van der Waals surface area contributed by atoms with E-state index in [-0.39, 0.29) is 24.4 Å². The minimum Gasteiger partial charge on any atom is -0.467 e. The fourth-order valence-corrected chi connectivity index (χ4v) is 5.51. The molecule has 1 aliphatic carbocycles. The van der Waals surface area contributed by atoms with Crippen molar-refractivity contribution >= 4 is 23.8 Å². The van der Waals surface area contributed by atoms with Crippen LogP contribution in [0.2, 0.25) is 0 Å². The summed E-state index contributed by atoms with van der Waals surface area (Å²) in [6.07, 6.45) is 4.82. The van der Waals surface area contributed by atoms with E-state index in [2.05, 4.69) is 5.32 Å². The van der Waals surface area contributed by atoms with Gasteiger partial charge >= 0.3 is 12.0 Å². The molecule has 1 N–H and O–H groups in total. The minimum absolute atomic E-state index is 0.0452. The molecular weight excluding hydrogens is 398 g/mol. The molecule has 2 aliphatic heterocycles. The van der Waals surface area contributed by atoms with E-state index in [1.165, 1.54) is 7.11 Å². The summed E-state index contributed by atoms with van der Waals surface area (Å²) in [5.41, 5.74) is -0.495. The molecule has 1 aromatic carbocycles. The van der Waals surface area contributed by atoms with Gasteiger partial charge in [-0.15, -0.1) is 0 Å². The highest BCUT2D eigenvalue weighted by Crippen LogP contribution is 2.40. The quantitative estimate of drug-likeness (QED) is 0.574. The molecule has 0 spiro atoms. The SMILES string of the molecule is CCC1(c2ccccc2)NC(=O)N(CC(=O)N2C(C(=O)OC)CC3CCCCC32)C1=O. The molecule has 4 amide bonds. The summed E-state index contributed by atoms with van der Waals surface area (Å²) in [7, 11) is 1.32. The number of nitrogens with one attached hydrogen (secondary N) is 1. The van der Waals surface area contributed by atoms with Gasteiger partial charge in [0.1, 0.15) is 18.1 Å². The van der Waals surface area contributed by atoms with Crippen LogP contribution in [0, 0.1) is 5.92 Å². The van der Waals surface area contributed by atoms with Crippen molar-refractivity contribution in [3.05, 3.63) is 35.9 Å². The maximum Gasteiger partial charge on any atom is 0.328 e. The summed E-state index contributed by atoms with van der Waals surface area (Å²) < 4.78 is 4.95. The first-order valence-corrected chi connectivity index (χ1v) is 11.0. The van der Waals surface area contributed by atoms with E-state index in [0.717, 1.165) is 30.6 Å². The van der Waals surface area contributed by atoms with Crippen LogP contribution in [0.3, 0.4) is 0 Å². The molecule has 166 valence electrons. The van der Waals surface area contributed by atoms with Crippen molar-refractivity contribution in [1.29, 1.82) is 0 Å². The molecule has 4 atom stereocenters. The number of urea groups is 1. The fraction of sp³-hybridized carbons (Fsp3) is 0.565. The van der Waals surface area contributed by atoms with Gasteiger partial charge in [-0.05, 0) is 37.2 Å². The molecule has 4 rings (SSSR count). The maximum atomic E-state index is 13.4. The average Bonchev–Trinajstić information content (AvgIpc) is 3.30. The summed E-state index contributed by atoms with van der Waals surface area (Å²) in [6.45, 7) is 1.45. The Morgan fingerprint density at radius 2 is 1.87 bits per heavy atom. The van der Waals surface area contributed by atoms with E-state index in [4.69, 9.17) is 4.74 Å². The van der Waals surface area contributed by atoms with E-state index in [1.54, 1.807) is 17.0 Å². The van der Waals surface area contributed by atoms with Crippen molar-refractivity contribution in [3.8, 4) is 0 Å². The van der Waals surface area contributed by atoms with Crippen molar-refractivity contribution < 1.29 is 23.9 Å². The Balaban J connectivity index is 1.58. The minimum atomic E-state index is -1.18. The number of imide groups is 1. The van der Waals surface area contributed by atoms with E-state index in [0.29, 0.717) is 18.4 Å². The van der Waals surface area contributed by atoms with Gasteiger partial charge in [0.15, 0.2) is 0 Å². The topological polar surface area (TPSA) is 96.0 Å². The second-order valence-corrected chi connectivity index (χ2v) is 8.63. The number of benzene rings is 1. The maximum absolute atomic E-state index is 13.4. The van der Waals surface area contributed by atoms with Crippen LogP contribution in [-0.4, -0.2) is 59.4 Å². The third kappa shape index (κ3) is 3.47. The average molecular weight is 428 g/mol. The summed E-state index contributed by atoms with van der Waals surface area (Å²) in [5.74, 6) is -1.00. The summed E-state index contributed by atoms with van der Waals surface area (Å²) >= 11 is 0. The number of nitrogens with zero attached hydrogens (tertiary/aromatic N) is 2. The van der Waals surface area contributed by atoms with Crippen molar-refractivity contribution in [2.45, 2.75) is 63.1 Å². The highest BCUT2D eigenvalue weighted by atomic mass is 16.5. The number of ether oxygens (including phenoxy) is 1. The Kier molecular flexibility index (Phi) is 5.73. The largest absolute Gasteiger partial charge is 0.467 e. The van der Waals surface area contributed by atoms with Gasteiger partial charge in [0.05, 0.1) is 7.11 Å². The molecule has 1 aromatic rings. The Bertz CT molecular complexity index is 888. The molecule has 8 nitrogen and oxygen atoms in total. The zero-order valence-corrected chi connectivity index (χ0v) is 18.0. The van der Waals surface area contributed by atoms with Crippen LogP contribution < -0.4 is 5.32 Å². The fourth-order valence-electron chi connectivity index (χ4n) is 5.51. The monoisotopic (exact) mass is 427 g/mol. The smallest absolute Gasteiger partial charge is 0.328 e. The lowest BCUT2D eigenvalue weighted by atomic mass is 9.84. The summed E-state index contributed by atoms with van der Waals surface area (Å²) in [4.78, 5) is 54.5. The predicted octanol–water partition coefficient (Wildman–Crippen LogP) is 2.18. The number of hydrogen-bond acceptors (Lipinski definition) is 5. The zero-order chi connectivity index (χ0) is 22.2.